The van der Waals surface area contributed by atoms with Gasteiger partial charge in [-0.1, -0.05) is 19.3 Å². The average molecular weight is 254 g/mol. The highest BCUT2D eigenvalue weighted by atomic mass is 16.5. The maximum absolute atomic E-state index is 12.1. The van der Waals surface area contributed by atoms with Crippen molar-refractivity contribution in [3.8, 4) is 0 Å². The minimum atomic E-state index is -0.274. The molecular formula is C14H26N2O2. The minimum Gasteiger partial charge on any atom is -0.364 e. The molecule has 3 atom stereocenters. The molecule has 18 heavy (non-hydrogen) atoms. The third-order valence-electron chi connectivity index (χ3n) is 4.39. The molecule has 2 unspecified atom stereocenters. The maximum atomic E-state index is 12.1. The molecule has 1 saturated heterocycles. The van der Waals surface area contributed by atoms with E-state index in [9.17, 15) is 4.79 Å². The van der Waals surface area contributed by atoms with E-state index in [0.29, 0.717) is 12.5 Å². The van der Waals surface area contributed by atoms with Gasteiger partial charge in [-0.05, 0) is 38.5 Å². The highest BCUT2D eigenvalue weighted by molar-refractivity contribution is 5.81. The van der Waals surface area contributed by atoms with E-state index in [1.54, 1.807) is 0 Å². The van der Waals surface area contributed by atoms with E-state index in [1.165, 1.54) is 32.1 Å². The van der Waals surface area contributed by atoms with Gasteiger partial charge < -0.3 is 15.8 Å². The molecule has 1 aliphatic heterocycles. The Hall–Kier alpha value is -0.610. The van der Waals surface area contributed by atoms with Gasteiger partial charge in [0.05, 0.1) is 6.10 Å². The summed E-state index contributed by atoms with van der Waals surface area (Å²) < 4.78 is 5.62. The molecule has 1 amide bonds. The van der Waals surface area contributed by atoms with Gasteiger partial charge in [0.2, 0.25) is 5.91 Å². The molecule has 0 bridgehead atoms. The molecule has 0 spiro atoms. The first-order valence-electron chi connectivity index (χ1n) is 7.36. The van der Waals surface area contributed by atoms with Crippen LogP contribution in [0.4, 0.5) is 0 Å². The second-order valence-electron chi connectivity index (χ2n) is 5.76. The lowest BCUT2D eigenvalue weighted by molar-refractivity contribution is -0.132. The largest absolute Gasteiger partial charge is 0.364 e. The summed E-state index contributed by atoms with van der Waals surface area (Å²) in [5.74, 6) is 0.707. The van der Waals surface area contributed by atoms with Crippen LogP contribution in [0.25, 0.3) is 0 Å². The quantitative estimate of drug-likeness (QED) is 0.800. The third-order valence-corrected chi connectivity index (χ3v) is 4.39. The van der Waals surface area contributed by atoms with Gasteiger partial charge in [0.1, 0.15) is 6.10 Å². The number of rotatable bonds is 4. The van der Waals surface area contributed by atoms with E-state index in [2.05, 4.69) is 12.2 Å². The fraction of sp³-hybridized carbons (Fsp3) is 0.929. The lowest BCUT2D eigenvalue weighted by atomic mass is 9.84. The zero-order valence-electron chi connectivity index (χ0n) is 11.4. The van der Waals surface area contributed by atoms with Crippen molar-refractivity contribution in [2.24, 2.45) is 11.7 Å². The second-order valence-corrected chi connectivity index (χ2v) is 5.76. The first-order valence-corrected chi connectivity index (χ1v) is 7.36. The zero-order valence-corrected chi connectivity index (χ0v) is 11.4. The molecule has 2 fully saturated rings. The molecule has 0 radical (unpaired) electrons. The van der Waals surface area contributed by atoms with Crippen molar-refractivity contribution in [2.75, 3.05) is 6.54 Å². The molecule has 4 nitrogen and oxygen atoms in total. The Kier molecular flexibility index (Phi) is 5.01. The van der Waals surface area contributed by atoms with E-state index in [1.807, 2.05) is 0 Å². The maximum Gasteiger partial charge on any atom is 0.249 e. The highest BCUT2D eigenvalue weighted by Crippen LogP contribution is 2.27. The van der Waals surface area contributed by atoms with Gasteiger partial charge >= 0.3 is 0 Å². The molecular weight excluding hydrogens is 228 g/mol. The number of hydrogen-bond donors (Lipinski definition) is 2. The molecule has 2 aliphatic rings. The van der Waals surface area contributed by atoms with Crippen LogP contribution >= 0.6 is 0 Å². The number of nitrogens with two attached hydrogens (primary N) is 1. The van der Waals surface area contributed by atoms with Crippen LogP contribution in [0.15, 0.2) is 0 Å². The van der Waals surface area contributed by atoms with Crippen molar-refractivity contribution in [1.29, 1.82) is 0 Å². The lowest BCUT2D eigenvalue weighted by Crippen LogP contribution is -2.44. The standard InChI is InChI=1S/C14H26N2O2/c1-10(11-5-3-2-4-6-11)16-14(17)13-8-7-12(9-15)18-13/h10-13H,2-9,15H2,1H3,(H,16,17)/t10-,12?,13?/m0/s1. The molecule has 4 heteroatoms. The Morgan fingerprint density at radius 3 is 2.61 bits per heavy atom. The summed E-state index contributed by atoms with van der Waals surface area (Å²) in [6.45, 7) is 2.64. The van der Waals surface area contributed by atoms with E-state index in [4.69, 9.17) is 10.5 Å². The number of carbonyl (C=O) groups is 1. The summed E-state index contributed by atoms with van der Waals surface area (Å²) in [6.07, 6.45) is 7.98. The molecule has 0 aromatic carbocycles. The molecule has 2 rings (SSSR count). The monoisotopic (exact) mass is 254 g/mol. The van der Waals surface area contributed by atoms with E-state index >= 15 is 0 Å². The molecule has 1 aliphatic carbocycles. The smallest absolute Gasteiger partial charge is 0.249 e. The number of carbonyl (C=O) groups excluding carboxylic acids is 1. The van der Waals surface area contributed by atoms with Crippen LogP contribution in [-0.2, 0) is 9.53 Å². The van der Waals surface area contributed by atoms with Gasteiger partial charge in [0.15, 0.2) is 0 Å². The summed E-state index contributed by atoms with van der Waals surface area (Å²) in [5.41, 5.74) is 5.56. The van der Waals surface area contributed by atoms with Crippen LogP contribution in [0.2, 0.25) is 0 Å². The van der Waals surface area contributed by atoms with Crippen LogP contribution < -0.4 is 11.1 Å². The van der Waals surface area contributed by atoms with Gasteiger partial charge in [-0.3, -0.25) is 4.79 Å². The number of hydrogen-bond acceptors (Lipinski definition) is 3. The Balaban J connectivity index is 1.76. The molecule has 1 heterocycles. The first-order chi connectivity index (χ1) is 8.70. The normalized spacial score (nSPS) is 31.2. The van der Waals surface area contributed by atoms with Crippen LogP contribution in [0.1, 0.15) is 51.9 Å². The summed E-state index contributed by atoms with van der Waals surface area (Å²) >= 11 is 0. The highest BCUT2D eigenvalue weighted by Gasteiger charge is 2.31. The number of ether oxygens (including phenoxy) is 1. The van der Waals surface area contributed by atoms with Crippen LogP contribution in [0.3, 0.4) is 0 Å². The molecule has 104 valence electrons. The van der Waals surface area contributed by atoms with Crippen molar-refractivity contribution in [3.05, 3.63) is 0 Å². The fourth-order valence-electron chi connectivity index (χ4n) is 3.14. The fourth-order valence-corrected chi connectivity index (χ4v) is 3.14. The molecule has 3 N–H and O–H groups in total. The Morgan fingerprint density at radius 2 is 2.00 bits per heavy atom. The van der Waals surface area contributed by atoms with E-state index in [-0.39, 0.29) is 24.2 Å². The van der Waals surface area contributed by atoms with Crippen molar-refractivity contribution in [3.63, 3.8) is 0 Å². The first kappa shape index (κ1) is 13.8. The minimum absolute atomic E-state index is 0.0593. The SMILES string of the molecule is C[C@H](NC(=O)C1CCC(CN)O1)C1CCCCC1. The molecule has 1 saturated carbocycles. The Labute approximate surface area is 110 Å². The van der Waals surface area contributed by atoms with Crippen LogP contribution in [0.5, 0.6) is 0 Å². The molecule has 0 aromatic rings. The van der Waals surface area contributed by atoms with Gasteiger partial charge in [-0.25, -0.2) is 0 Å². The van der Waals surface area contributed by atoms with Gasteiger partial charge in [-0.2, -0.15) is 0 Å². The van der Waals surface area contributed by atoms with Crippen LogP contribution in [-0.4, -0.2) is 30.7 Å². The van der Waals surface area contributed by atoms with E-state index in [0.717, 1.165) is 12.8 Å². The summed E-state index contributed by atoms with van der Waals surface area (Å²) in [7, 11) is 0. The third kappa shape index (κ3) is 3.45. The lowest BCUT2D eigenvalue weighted by Gasteiger charge is -2.29. The van der Waals surface area contributed by atoms with Gasteiger partial charge in [0.25, 0.3) is 0 Å². The summed E-state index contributed by atoms with van der Waals surface area (Å²) in [6, 6.07) is 0.276. The summed E-state index contributed by atoms with van der Waals surface area (Å²) in [5, 5.41) is 3.13. The number of amides is 1. The topological polar surface area (TPSA) is 64.4 Å². The summed E-state index contributed by atoms with van der Waals surface area (Å²) in [4.78, 5) is 12.1. The van der Waals surface area contributed by atoms with Gasteiger partial charge in [-0.15, -0.1) is 0 Å². The zero-order chi connectivity index (χ0) is 13.0. The average Bonchev–Trinajstić information content (AvgIpc) is 2.88. The van der Waals surface area contributed by atoms with Crippen molar-refractivity contribution in [2.45, 2.75) is 70.1 Å². The van der Waals surface area contributed by atoms with Crippen molar-refractivity contribution < 1.29 is 9.53 Å². The Bertz CT molecular complexity index is 277. The predicted octanol–water partition coefficient (Wildman–Crippen LogP) is 1.58. The second kappa shape index (κ2) is 6.53. The van der Waals surface area contributed by atoms with Gasteiger partial charge in [0, 0.05) is 12.6 Å². The van der Waals surface area contributed by atoms with E-state index < -0.39 is 0 Å². The Morgan fingerprint density at radius 1 is 1.28 bits per heavy atom. The van der Waals surface area contributed by atoms with Crippen LogP contribution in [0, 0.1) is 5.92 Å². The van der Waals surface area contributed by atoms with Crippen molar-refractivity contribution in [1.82, 2.24) is 5.32 Å². The van der Waals surface area contributed by atoms with Crippen molar-refractivity contribution >= 4 is 5.91 Å². The molecule has 0 aromatic heterocycles. The predicted molar refractivity (Wildman–Crippen MR) is 71.1 cm³/mol. The number of nitrogens with one attached hydrogen (secondary N) is 1.